The van der Waals surface area contributed by atoms with Gasteiger partial charge in [-0.05, 0) is 35.2 Å². The molecule has 0 spiro atoms. The van der Waals surface area contributed by atoms with Gasteiger partial charge in [-0.1, -0.05) is 69.3 Å². The summed E-state index contributed by atoms with van der Waals surface area (Å²) in [5, 5.41) is 2.59. The number of rotatable bonds is 1. The number of benzene rings is 3. The van der Waals surface area contributed by atoms with Crippen molar-refractivity contribution in [2.24, 2.45) is 7.05 Å². The van der Waals surface area contributed by atoms with Crippen molar-refractivity contribution >= 4 is 32.8 Å². The van der Waals surface area contributed by atoms with Gasteiger partial charge in [-0.2, -0.15) is 0 Å². The zero-order chi connectivity index (χ0) is 18.8. The second-order valence-electron chi connectivity index (χ2n) is 8.42. The molecule has 0 N–H and O–H groups in total. The van der Waals surface area contributed by atoms with E-state index in [0.29, 0.717) is 0 Å². The average molecular weight is 352 g/mol. The number of aromatic nitrogens is 2. The molecule has 0 radical (unpaired) electrons. The topological polar surface area (TPSA) is 9.86 Å². The van der Waals surface area contributed by atoms with E-state index in [1.54, 1.807) is 0 Å². The molecule has 0 aliphatic carbocycles. The van der Waals surface area contributed by atoms with Gasteiger partial charge >= 0.3 is 0 Å². The Kier molecular flexibility index (Phi) is 3.30. The van der Waals surface area contributed by atoms with Crippen LogP contribution in [-0.4, -0.2) is 9.13 Å². The molecule has 5 aromatic rings. The number of nitrogens with zero attached hydrogens (tertiary/aromatic N) is 2. The zero-order valence-corrected chi connectivity index (χ0v) is 16.3. The molecule has 0 atom stereocenters. The maximum absolute atomic E-state index is 2.42. The van der Waals surface area contributed by atoms with Crippen molar-refractivity contribution in [3.05, 3.63) is 78.4 Å². The first kappa shape index (κ1) is 16.2. The molecular formula is C25H24N2. The van der Waals surface area contributed by atoms with E-state index < -0.39 is 0 Å². The fourth-order valence-corrected chi connectivity index (χ4v) is 4.28. The summed E-state index contributed by atoms with van der Waals surface area (Å²) in [6.45, 7) is 6.78. The Labute approximate surface area is 159 Å². The number of hydrogen-bond acceptors (Lipinski definition) is 0. The van der Waals surface area contributed by atoms with E-state index in [9.17, 15) is 0 Å². The highest BCUT2D eigenvalue weighted by molar-refractivity contribution is 6.18. The predicted molar refractivity (Wildman–Crippen MR) is 116 cm³/mol. The molecule has 3 aromatic carbocycles. The summed E-state index contributed by atoms with van der Waals surface area (Å²) in [6.07, 6.45) is 0. The Morgan fingerprint density at radius 3 is 1.81 bits per heavy atom. The summed E-state index contributed by atoms with van der Waals surface area (Å²) in [6, 6.07) is 26.4. The molecule has 0 unspecified atom stereocenters. The van der Waals surface area contributed by atoms with Crippen LogP contribution < -0.4 is 0 Å². The Morgan fingerprint density at radius 2 is 1.19 bits per heavy atom. The number of aryl methyl sites for hydroxylation is 1. The standard InChI is InChI=1S/C25H24N2/c1-25(2,3)17-13-15-18(16-14-17)27-22-12-8-6-10-20(22)23-24(27)19-9-5-7-11-21(19)26(23)4/h5-16H,1-4H3. The highest BCUT2D eigenvalue weighted by atomic mass is 15.0. The Hall–Kier alpha value is -3.00. The number of fused-ring (bicyclic) bond motifs is 5. The molecule has 27 heavy (non-hydrogen) atoms. The van der Waals surface area contributed by atoms with Crippen LogP contribution in [0.2, 0.25) is 0 Å². The molecule has 2 aromatic heterocycles. The van der Waals surface area contributed by atoms with Gasteiger partial charge in [-0.3, -0.25) is 0 Å². The quantitative estimate of drug-likeness (QED) is 0.323. The number of para-hydroxylation sites is 2. The van der Waals surface area contributed by atoms with Crippen molar-refractivity contribution in [1.82, 2.24) is 9.13 Å². The van der Waals surface area contributed by atoms with Crippen LogP contribution in [0.25, 0.3) is 38.5 Å². The van der Waals surface area contributed by atoms with Crippen LogP contribution in [0.1, 0.15) is 26.3 Å². The summed E-state index contributed by atoms with van der Waals surface area (Å²) in [5.41, 5.74) is 7.85. The van der Waals surface area contributed by atoms with Gasteiger partial charge in [0.15, 0.2) is 0 Å². The van der Waals surface area contributed by atoms with Crippen LogP contribution in [0, 0.1) is 0 Å². The van der Waals surface area contributed by atoms with Crippen LogP contribution in [0.5, 0.6) is 0 Å². The van der Waals surface area contributed by atoms with Gasteiger partial charge < -0.3 is 9.13 Å². The third-order valence-corrected chi connectivity index (χ3v) is 5.70. The SMILES string of the molecule is Cn1c2ccccc2c2c1c1ccccc1n2-c1ccc(C(C)(C)C)cc1. The van der Waals surface area contributed by atoms with E-state index in [-0.39, 0.29) is 5.41 Å². The Morgan fingerprint density at radius 1 is 0.630 bits per heavy atom. The lowest BCUT2D eigenvalue weighted by Gasteiger charge is -2.19. The summed E-state index contributed by atoms with van der Waals surface area (Å²) in [7, 11) is 2.17. The lowest BCUT2D eigenvalue weighted by atomic mass is 9.87. The fraction of sp³-hybridized carbons (Fsp3) is 0.200. The first-order valence-corrected chi connectivity index (χ1v) is 9.54. The molecule has 0 bridgehead atoms. The van der Waals surface area contributed by atoms with E-state index in [4.69, 9.17) is 0 Å². The fourth-order valence-electron chi connectivity index (χ4n) is 4.28. The summed E-state index contributed by atoms with van der Waals surface area (Å²) >= 11 is 0. The van der Waals surface area contributed by atoms with Crippen molar-refractivity contribution in [3.8, 4) is 5.69 Å². The summed E-state index contributed by atoms with van der Waals surface area (Å²) in [4.78, 5) is 0. The van der Waals surface area contributed by atoms with Gasteiger partial charge in [-0.25, -0.2) is 0 Å². The maximum atomic E-state index is 2.42. The van der Waals surface area contributed by atoms with Crippen molar-refractivity contribution < 1.29 is 0 Å². The molecule has 0 saturated heterocycles. The molecule has 2 heterocycles. The second kappa shape index (κ2) is 5.50. The highest BCUT2D eigenvalue weighted by Gasteiger charge is 2.19. The van der Waals surface area contributed by atoms with Crippen molar-refractivity contribution in [2.45, 2.75) is 26.2 Å². The molecule has 2 nitrogen and oxygen atoms in total. The lowest BCUT2D eigenvalue weighted by molar-refractivity contribution is 0.590. The molecule has 5 rings (SSSR count). The van der Waals surface area contributed by atoms with Crippen molar-refractivity contribution in [2.75, 3.05) is 0 Å². The molecule has 0 aliphatic rings. The summed E-state index contributed by atoms with van der Waals surface area (Å²) in [5.74, 6) is 0. The minimum atomic E-state index is 0.159. The Bertz CT molecular complexity index is 1290. The highest BCUT2D eigenvalue weighted by Crippen LogP contribution is 2.38. The molecule has 0 amide bonds. The monoisotopic (exact) mass is 352 g/mol. The zero-order valence-electron chi connectivity index (χ0n) is 16.3. The average Bonchev–Trinajstić information content (AvgIpc) is 3.15. The molecule has 0 fully saturated rings. The molecule has 2 heteroatoms. The lowest BCUT2D eigenvalue weighted by Crippen LogP contribution is -2.10. The first-order valence-electron chi connectivity index (χ1n) is 9.54. The third kappa shape index (κ3) is 2.26. The smallest absolute Gasteiger partial charge is 0.0800 e. The van der Waals surface area contributed by atoms with Gasteiger partial charge in [0.1, 0.15) is 0 Å². The van der Waals surface area contributed by atoms with Crippen molar-refractivity contribution in [1.29, 1.82) is 0 Å². The summed E-state index contributed by atoms with van der Waals surface area (Å²) < 4.78 is 4.74. The van der Waals surface area contributed by atoms with Gasteiger partial charge in [0.2, 0.25) is 0 Å². The predicted octanol–water partition coefficient (Wildman–Crippen LogP) is 6.57. The normalized spacial score (nSPS) is 12.4. The number of hydrogen-bond donors (Lipinski definition) is 0. The van der Waals surface area contributed by atoms with Crippen LogP contribution >= 0.6 is 0 Å². The minimum Gasteiger partial charge on any atom is -0.342 e. The van der Waals surface area contributed by atoms with E-state index in [2.05, 4.69) is 110 Å². The Balaban J connectivity index is 1.92. The van der Waals surface area contributed by atoms with E-state index in [1.807, 2.05) is 0 Å². The van der Waals surface area contributed by atoms with Gasteiger partial charge in [0, 0.05) is 23.5 Å². The van der Waals surface area contributed by atoms with Gasteiger partial charge in [0.05, 0.1) is 22.1 Å². The molecule has 0 saturated carbocycles. The minimum absolute atomic E-state index is 0.159. The van der Waals surface area contributed by atoms with Crippen LogP contribution in [0.3, 0.4) is 0 Å². The van der Waals surface area contributed by atoms with Crippen molar-refractivity contribution in [3.63, 3.8) is 0 Å². The van der Waals surface area contributed by atoms with E-state index in [0.717, 1.165) is 0 Å². The largest absolute Gasteiger partial charge is 0.342 e. The van der Waals surface area contributed by atoms with Gasteiger partial charge in [0.25, 0.3) is 0 Å². The molecular weight excluding hydrogens is 328 g/mol. The maximum Gasteiger partial charge on any atom is 0.0800 e. The van der Waals surface area contributed by atoms with E-state index in [1.165, 1.54) is 44.1 Å². The van der Waals surface area contributed by atoms with Crippen LogP contribution in [0.15, 0.2) is 72.8 Å². The van der Waals surface area contributed by atoms with Crippen LogP contribution in [0.4, 0.5) is 0 Å². The molecule has 0 aliphatic heterocycles. The van der Waals surface area contributed by atoms with E-state index >= 15 is 0 Å². The molecule has 134 valence electrons. The third-order valence-electron chi connectivity index (χ3n) is 5.70. The first-order chi connectivity index (χ1) is 13.0. The van der Waals surface area contributed by atoms with Crippen LogP contribution in [-0.2, 0) is 12.5 Å². The second-order valence-corrected chi connectivity index (χ2v) is 8.42. The van der Waals surface area contributed by atoms with Gasteiger partial charge in [-0.15, -0.1) is 0 Å².